The van der Waals surface area contributed by atoms with E-state index < -0.39 is 0 Å². The van der Waals surface area contributed by atoms with Crippen molar-refractivity contribution in [3.05, 3.63) is 90.5 Å². The molecule has 32 heavy (non-hydrogen) atoms. The van der Waals surface area contributed by atoms with Gasteiger partial charge in [0.2, 0.25) is 5.88 Å². The Morgan fingerprint density at radius 3 is 2.66 bits per heavy atom. The van der Waals surface area contributed by atoms with Crippen molar-refractivity contribution >= 4 is 11.0 Å². The molecule has 1 aromatic carbocycles. The maximum absolute atomic E-state index is 6.22. The monoisotopic (exact) mass is 424 g/mol. The molecule has 0 aliphatic heterocycles. The molecule has 0 bridgehead atoms. The average Bonchev–Trinajstić information content (AvgIpc) is 3.29. The molecular weight excluding hydrogens is 404 g/mol. The molecule has 4 heterocycles. The van der Waals surface area contributed by atoms with Gasteiger partial charge in [-0.05, 0) is 49.7 Å². The number of hydrogen-bond donors (Lipinski definition) is 0. The second kappa shape index (κ2) is 8.47. The minimum Gasteiger partial charge on any atom is -0.486 e. The number of aromatic nitrogens is 4. The number of aryl methyl sites for hydroxylation is 2. The zero-order valence-corrected chi connectivity index (χ0v) is 17.6. The molecule has 0 fully saturated rings. The fourth-order valence-corrected chi connectivity index (χ4v) is 3.43. The first-order valence-electron chi connectivity index (χ1n) is 10.1. The van der Waals surface area contributed by atoms with Gasteiger partial charge in [-0.3, -0.25) is 15.0 Å². The molecule has 0 saturated carbocycles. The van der Waals surface area contributed by atoms with Crippen LogP contribution < -0.4 is 9.47 Å². The van der Waals surface area contributed by atoms with Crippen LogP contribution in [0.15, 0.2) is 77.9 Å². The molecule has 0 amide bonds. The van der Waals surface area contributed by atoms with Gasteiger partial charge in [0.1, 0.15) is 23.7 Å². The summed E-state index contributed by atoms with van der Waals surface area (Å²) in [6.07, 6.45) is 8.37. The summed E-state index contributed by atoms with van der Waals surface area (Å²) in [6.45, 7) is 4.25. The van der Waals surface area contributed by atoms with E-state index in [0.717, 1.165) is 33.6 Å². The molecule has 4 aromatic heterocycles. The largest absolute Gasteiger partial charge is 0.486 e. The first-order chi connectivity index (χ1) is 15.7. The zero-order chi connectivity index (χ0) is 21.9. The van der Waals surface area contributed by atoms with Crippen LogP contribution in [0.5, 0.6) is 17.4 Å². The van der Waals surface area contributed by atoms with Gasteiger partial charge in [0.05, 0.1) is 28.7 Å². The van der Waals surface area contributed by atoms with Crippen LogP contribution in [0.4, 0.5) is 0 Å². The fraction of sp³-hybridized carbons (Fsp3) is 0.120. The molecular formula is C25H20N4O3. The Kier molecular flexibility index (Phi) is 5.21. The van der Waals surface area contributed by atoms with Gasteiger partial charge in [-0.1, -0.05) is 6.07 Å². The predicted molar refractivity (Wildman–Crippen MR) is 120 cm³/mol. The topological polar surface area (TPSA) is 83.2 Å². The number of ether oxygens (including phenoxy) is 2. The Labute approximate surface area is 184 Å². The number of hydrogen-bond acceptors (Lipinski definition) is 7. The number of pyridine rings is 2. The van der Waals surface area contributed by atoms with Gasteiger partial charge in [0.25, 0.3) is 0 Å². The smallest absolute Gasteiger partial charge is 0.230 e. The van der Waals surface area contributed by atoms with Crippen molar-refractivity contribution in [3.63, 3.8) is 0 Å². The molecule has 0 radical (unpaired) electrons. The minimum atomic E-state index is 0.317. The molecule has 7 heteroatoms. The molecule has 0 spiro atoms. The van der Waals surface area contributed by atoms with Gasteiger partial charge in [-0.2, -0.15) is 0 Å². The van der Waals surface area contributed by atoms with Gasteiger partial charge in [0, 0.05) is 36.4 Å². The van der Waals surface area contributed by atoms with Crippen LogP contribution in [-0.4, -0.2) is 19.9 Å². The molecule has 7 nitrogen and oxygen atoms in total. The lowest BCUT2D eigenvalue weighted by molar-refractivity contribution is 0.300. The van der Waals surface area contributed by atoms with Crippen LogP contribution in [0.25, 0.3) is 22.2 Å². The highest BCUT2D eigenvalue weighted by molar-refractivity contribution is 5.82. The number of furan rings is 1. The number of benzene rings is 1. The fourth-order valence-electron chi connectivity index (χ4n) is 3.43. The third kappa shape index (κ3) is 3.88. The summed E-state index contributed by atoms with van der Waals surface area (Å²) in [7, 11) is 0. The van der Waals surface area contributed by atoms with Gasteiger partial charge < -0.3 is 13.9 Å². The first kappa shape index (κ1) is 19.7. The van der Waals surface area contributed by atoms with E-state index in [1.807, 2.05) is 50.2 Å². The van der Waals surface area contributed by atoms with E-state index in [1.165, 1.54) is 0 Å². The van der Waals surface area contributed by atoms with Crippen molar-refractivity contribution in [2.75, 3.05) is 0 Å². The molecule has 0 atom stereocenters. The van der Waals surface area contributed by atoms with E-state index in [0.29, 0.717) is 29.6 Å². The average molecular weight is 424 g/mol. The summed E-state index contributed by atoms with van der Waals surface area (Å²) in [4.78, 5) is 17.6. The van der Waals surface area contributed by atoms with Crippen LogP contribution in [0, 0.1) is 13.8 Å². The molecule has 0 aliphatic carbocycles. The highest BCUT2D eigenvalue weighted by atomic mass is 16.5. The third-order valence-electron chi connectivity index (χ3n) is 5.13. The molecule has 0 aliphatic rings. The normalized spacial score (nSPS) is 10.9. The summed E-state index contributed by atoms with van der Waals surface area (Å²) in [5.41, 5.74) is 5.03. The van der Waals surface area contributed by atoms with E-state index in [2.05, 4.69) is 19.9 Å². The first-order valence-corrected chi connectivity index (χ1v) is 10.1. The molecule has 0 saturated heterocycles. The van der Waals surface area contributed by atoms with Crippen LogP contribution in [-0.2, 0) is 6.61 Å². The standard InChI is InChI=1S/C25H20N4O3/c1-16-4-3-9-27-21(16)15-31-23-14-18(5-6-19(23)24-17(2)26-11-12-28-24)32-25-20-8-13-30-22(20)7-10-29-25/h3-14H,15H2,1-2H3. The highest BCUT2D eigenvalue weighted by Gasteiger charge is 2.15. The number of fused-ring (bicyclic) bond motifs is 1. The van der Waals surface area contributed by atoms with Gasteiger partial charge in [-0.25, -0.2) is 4.98 Å². The Morgan fingerprint density at radius 2 is 1.78 bits per heavy atom. The molecule has 5 rings (SSSR count). The van der Waals surface area contributed by atoms with Crippen LogP contribution in [0.2, 0.25) is 0 Å². The van der Waals surface area contributed by atoms with Crippen molar-refractivity contribution < 1.29 is 13.9 Å². The van der Waals surface area contributed by atoms with Crippen molar-refractivity contribution in [2.45, 2.75) is 20.5 Å². The quantitative estimate of drug-likeness (QED) is 0.347. The van der Waals surface area contributed by atoms with E-state index in [4.69, 9.17) is 13.9 Å². The van der Waals surface area contributed by atoms with Crippen LogP contribution >= 0.6 is 0 Å². The maximum atomic E-state index is 6.22. The van der Waals surface area contributed by atoms with E-state index in [9.17, 15) is 0 Å². The Morgan fingerprint density at radius 1 is 0.875 bits per heavy atom. The zero-order valence-electron chi connectivity index (χ0n) is 17.6. The van der Waals surface area contributed by atoms with Gasteiger partial charge in [-0.15, -0.1) is 0 Å². The summed E-state index contributed by atoms with van der Waals surface area (Å²) in [5, 5.41) is 0.799. The SMILES string of the molecule is Cc1cccnc1COc1cc(Oc2nccc3occc23)ccc1-c1nccnc1C. The maximum Gasteiger partial charge on any atom is 0.230 e. The predicted octanol–water partition coefficient (Wildman–Crippen LogP) is 5.67. The second-order valence-corrected chi connectivity index (χ2v) is 7.25. The summed E-state index contributed by atoms with van der Waals surface area (Å²) in [6, 6.07) is 13.2. The van der Waals surface area contributed by atoms with Crippen molar-refractivity contribution in [1.29, 1.82) is 0 Å². The highest BCUT2D eigenvalue weighted by Crippen LogP contribution is 2.36. The van der Waals surface area contributed by atoms with Crippen LogP contribution in [0.3, 0.4) is 0 Å². The lowest BCUT2D eigenvalue weighted by atomic mass is 10.1. The van der Waals surface area contributed by atoms with E-state index >= 15 is 0 Å². The third-order valence-corrected chi connectivity index (χ3v) is 5.13. The van der Waals surface area contributed by atoms with Crippen molar-refractivity contribution in [3.8, 4) is 28.6 Å². The van der Waals surface area contributed by atoms with Crippen molar-refractivity contribution in [2.24, 2.45) is 0 Å². The van der Waals surface area contributed by atoms with Gasteiger partial charge in [0.15, 0.2) is 0 Å². The molecule has 0 unspecified atom stereocenters. The molecule has 158 valence electrons. The van der Waals surface area contributed by atoms with Gasteiger partial charge >= 0.3 is 0 Å². The summed E-state index contributed by atoms with van der Waals surface area (Å²) >= 11 is 0. The Bertz CT molecular complexity index is 1400. The minimum absolute atomic E-state index is 0.317. The summed E-state index contributed by atoms with van der Waals surface area (Å²) < 4.78 is 17.7. The van der Waals surface area contributed by atoms with E-state index in [1.54, 1.807) is 37.1 Å². The molecule has 0 N–H and O–H groups in total. The lowest BCUT2D eigenvalue weighted by Gasteiger charge is -2.15. The lowest BCUT2D eigenvalue weighted by Crippen LogP contribution is -2.03. The Hall–Kier alpha value is -4.26. The van der Waals surface area contributed by atoms with E-state index in [-0.39, 0.29) is 0 Å². The Balaban J connectivity index is 1.52. The van der Waals surface area contributed by atoms with Crippen molar-refractivity contribution in [1.82, 2.24) is 19.9 Å². The number of nitrogens with zero attached hydrogens (tertiary/aromatic N) is 4. The second-order valence-electron chi connectivity index (χ2n) is 7.25. The molecule has 5 aromatic rings. The van der Waals surface area contributed by atoms with Crippen LogP contribution in [0.1, 0.15) is 17.0 Å². The summed E-state index contributed by atoms with van der Waals surface area (Å²) in [5.74, 6) is 1.67. The number of rotatable bonds is 6.